The number of anilines is 1. The summed E-state index contributed by atoms with van der Waals surface area (Å²) in [4.78, 5) is 27.0. The summed E-state index contributed by atoms with van der Waals surface area (Å²) in [6.07, 6.45) is -0.523. The lowest BCUT2D eigenvalue weighted by atomic mass is 10.1. The number of fused-ring (bicyclic) bond motifs is 1. The molecule has 5 unspecified atom stereocenters. The molecule has 14 nitrogen and oxygen atoms in total. The maximum atomic E-state index is 11.6. The second kappa shape index (κ2) is 10.7. The number of hydrogen-bond donors (Lipinski definition) is 3. The summed E-state index contributed by atoms with van der Waals surface area (Å²) in [5.74, 6) is 0.0632. The van der Waals surface area contributed by atoms with Gasteiger partial charge in [-0.3, -0.25) is 4.57 Å². The fourth-order valence-electron chi connectivity index (χ4n) is 4.38. The van der Waals surface area contributed by atoms with E-state index in [9.17, 15) is 15.0 Å². The highest BCUT2D eigenvalue weighted by atomic mass is 35.5. The number of imidazole rings is 1. The Morgan fingerprint density at radius 3 is 3.00 bits per heavy atom. The van der Waals surface area contributed by atoms with Crippen molar-refractivity contribution in [3.05, 3.63) is 51.9 Å². The molecule has 0 spiro atoms. The number of carbonyl (C=O) groups is 1. The highest BCUT2D eigenvalue weighted by molar-refractivity contribution is 6.30. The Labute approximate surface area is 214 Å². The number of ether oxygens (including phenoxy) is 3. The molecule has 0 radical (unpaired) electrons. The third kappa shape index (κ3) is 5.10. The van der Waals surface area contributed by atoms with E-state index in [0.717, 1.165) is 18.6 Å². The summed E-state index contributed by atoms with van der Waals surface area (Å²) >= 11 is 6.22. The second-order valence-electron chi connectivity index (χ2n) is 8.66. The Morgan fingerprint density at radius 2 is 2.24 bits per heavy atom. The van der Waals surface area contributed by atoms with Gasteiger partial charge in [0.05, 0.1) is 19.5 Å². The van der Waals surface area contributed by atoms with Gasteiger partial charge in [-0.15, -0.1) is 0 Å². The standard InChI is InChI=1S/C22H23ClN8O6/c23-13-1-2-14(36-8-11-3-4-35-7-11)12(5-13)6-25-19-16-20(27-9-26-19)31(10-28-16)21-17(32)15(29-30-24)18(37-21)22(33)34/h1-2,5,9-11,15,17-18,21,32H,3-4,6-8H2,(H,33,34)(H,25,26,27). The summed E-state index contributed by atoms with van der Waals surface area (Å²) in [5, 5.41) is 27.2. The Balaban J connectivity index is 1.36. The van der Waals surface area contributed by atoms with Crippen molar-refractivity contribution in [3.63, 3.8) is 0 Å². The Morgan fingerprint density at radius 1 is 1.38 bits per heavy atom. The Bertz CT molecular complexity index is 1340. The van der Waals surface area contributed by atoms with Crippen molar-refractivity contribution in [1.29, 1.82) is 0 Å². The van der Waals surface area contributed by atoms with Gasteiger partial charge in [-0.1, -0.05) is 16.7 Å². The molecule has 194 valence electrons. The van der Waals surface area contributed by atoms with E-state index in [1.165, 1.54) is 17.2 Å². The predicted octanol–water partition coefficient (Wildman–Crippen LogP) is 2.53. The third-order valence-electron chi connectivity index (χ3n) is 6.27. The molecule has 2 fully saturated rings. The molecule has 0 saturated carbocycles. The van der Waals surface area contributed by atoms with E-state index in [2.05, 4.69) is 30.3 Å². The maximum absolute atomic E-state index is 11.6. The smallest absolute Gasteiger partial charge is 0.333 e. The minimum absolute atomic E-state index is 0.288. The molecule has 0 amide bonds. The van der Waals surface area contributed by atoms with Crippen LogP contribution in [0.15, 0.2) is 36.0 Å². The van der Waals surface area contributed by atoms with E-state index >= 15 is 0 Å². The topological polar surface area (TPSA) is 190 Å². The molecule has 0 aliphatic carbocycles. The van der Waals surface area contributed by atoms with Crippen LogP contribution in [0, 0.1) is 5.92 Å². The lowest BCUT2D eigenvalue weighted by molar-refractivity contribution is -0.152. The highest BCUT2D eigenvalue weighted by Crippen LogP contribution is 2.34. The minimum Gasteiger partial charge on any atom is -0.493 e. The van der Waals surface area contributed by atoms with Crippen LogP contribution in [0.25, 0.3) is 21.6 Å². The number of hydrogen-bond acceptors (Lipinski definition) is 10. The van der Waals surface area contributed by atoms with Crippen LogP contribution in [-0.4, -0.2) is 73.8 Å². The lowest BCUT2D eigenvalue weighted by Gasteiger charge is -2.17. The van der Waals surface area contributed by atoms with Gasteiger partial charge in [-0.25, -0.2) is 19.7 Å². The maximum Gasteiger partial charge on any atom is 0.333 e. The first-order valence-corrected chi connectivity index (χ1v) is 11.8. The number of nitrogens with zero attached hydrogens (tertiary/aromatic N) is 7. The molecule has 0 bridgehead atoms. The molecule has 5 atom stereocenters. The fraction of sp³-hybridized carbons (Fsp3) is 0.455. The van der Waals surface area contributed by atoms with Crippen molar-refractivity contribution >= 4 is 34.6 Å². The van der Waals surface area contributed by atoms with E-state index in [1.807, 2.05) is 6.07 Å². The van der Waals surface area contributed by atoms with Crippen LogP contribution >= 0.6 is 11.6 Å². The number of carboxylic acids is 1. The first-order valence-electron chi connectivity index (χ1n) is 11.5. The third-order valence-corrected chi connectivity index (χ3v) is 6.50. The lowest BCUT2D eigenvalue weighted by Crippen LogP contribution is -2.34. The van der Waals surface area contributed by atoms with Gasteiger partial charge in [0.2, 0.25) is 0 Å². The SMILES string of the molecule is [N-]=[N+]=NC1C(C(=O)O)OC(n2cnc3c(NCc4cc(Cl)ccc4OCC4CCOC4)ncnc32)C1O. The molecule has 37 heavy (non-hydrogen) atoms. The first kappa shape index (κ1) is 25.0. The number of rotatable bonds is 9. The summed E-state index contributed by atoms with van der Waals surface area (Å²) < 4.78 is 18.3. The molecule has 3 aromatic rings. The molecule has 2 saturated heterocycles. The van der Waals surface area contributed by atoms with Gasteiger partial charge in [-0.05, 0) is 30.2 Å². The summed E-state index contributed by atoms with van der Waals surface area (Å²) in [6, 6.07) is 4.06. The summed E-state index contributed by atoms with van der Waals surface area (Å²) in [6.45, 7) is 2.28. The van der Waals surface area contributed by atoms with E-state index in [1.54, 1.807) is 12.1 Å². The van der Waals surface area contributed by atoms with Crippen LogP contribution in [0.4, 0.5) is 5.82 Å². The summed E-state index contributed by atoms with van der Waals surface area (Å²) in [7, 11) is 0. The number of azide groups is 1. The van der Waals surface area contributed by atoms with Gasteiger partial charge >= 0.3 is 5.97 Å². The number of aliphatic carboxylic acids is 1. The second-order valence-corrected chi connectivity index (χ2v) is 9.10. The Kier molecular flexibility index (Phi) is 7.26. The van der Waals surface area contributed by atoms with Crippen molar-refractivity contribution in [3.8, 4) is 5.75 Å². The molecule has 1 aromatic carbocycles. The van der Waals surface area contributed by atoms with Crippen LogP contribution < -0.4 is 10.1 Å². The monoisotopic (exact) mass is 530 g/mol. The normalized spacial score (nSPS) is 25.2. The molecular weight excluding hydrogens is 508 g/mol. The van der Waals surface area contributed by atoms with Gasteiger partial charge in [0.25, 0.3) is 0 Å². The number of aliphatic hydroxyl groups excluding tert-OH is 1. The van der Waals surface area contributed by atoms with Crippen LogP contribution in [0.1, 0.15) is 18.2 Å². The predicted molar refractivity (Wildman–Crippen MR) is 129 cm³/mol. The largest absolute Gasteiger partial charge is 0.493 e. The van der Waals surface area contributed by atoms with Crippen molar-refractivity contribution in [2.24, 2.45) is 11.0 Å². The number of carboxylic acid groups (broad SMARTS) is 1. The van der Waals surface area contributed by atoms with E-state index in [-0.39, 0.29) is 5.65 Å². The average molecular weight is 531 g/mol. The van der Waals surface area contributed by atoms with E-state index in [4.69, 9.17) is 31.3 Å². The number of aliphatic hydroxyl groups is 1. The molecule has 2 aliphatic rings. The molecule has 4 heterocycles. The van der Waals surface area contributed by atoms with Crippen LogP contribution in [-0.2, 0) is 20.8 Å². The number of nitrogens with one attached hydrogen (secondary N) is 1. The number of benzene rings is 1. The van der Waals surface area contributed by atoms with Gasteiger partial charge in [0.1, 0.15) is 24.2 Å². The minimum atomic E-state index is -1.52. The molecule has 15 heteroatoms. The number of aromatic nitrogens is 4. The van der Waals surface area contributed by atoms with E-state index < -0.39 is 30.4 Å². The van der Waals surface area contributed by atoms with Crippen LogP contribution in [0.2, 0.25) is 5.02 Å². The van der Waals surface area contributed by atoms with Gasteiger partial charge in [-0.2, -0.15) is 0 Å². The first-order chi connectivity index (χ1) is 18.0. The molecule has 2 aromatic heterocycles. The molecule has 3 N–H and O–H groups in total. The highest BCUT2D eigenvalue weighted by Gasteiger charge is 2.48. The van der Waals surface area contributed by atoms with Crippen LogP contribution in [0.5, 0.6) is 5.75 Å². The zero-order valence-corrected chi connectivity index (χ0v) is 20.1. The Hall–Kier alpha value is -3.68. The average Bonchev–Trinajstić information content (AvgIpc) is 3.62. The fourth-order valence-corrected chi connectivity index (χ4v) is 4.57. The summed E-state index contributed by atoms with van der Waals surface area (Å²) in [5.41, 5.74) is 10.2. The van der Waals surface area contributed by atoms with Gasteiger partial charge in [0.15, 0.2) is 29.3 Å². The van der Waals surface area contributed by atoms with Crippen molar-refractivity contribution in [2.75, 3.05) is 25.1 Å². The van der Waals surface area contributed by atoms with Crippen LogP contribution in [0.3, 0.4) is 0 Å². The molecule has 2 aliphatic heterocycles. The van der Waals surface area contributed by atoms with Gasteiger partial charge in [0, 0.05) is 34.6 Å². The molecular formula is C22H23ClN8O6. The zero-order chi connectivity index (χ0) is 25.9. The van der Waals surface area contributed by atoms with Crippen molar-refractivity contribution < 1.29 is 29.2 Å². The number of halogens is 1. The van der Waals surface area contributed by atoms with E-state index in [0.29, 0.717) is 47.8 Å². The van der Waals surface area contributed by atoms with Crippen molar-refractivity contribution in [1.82, 2.24) is 19.5 Å². The quantitative estimate of drug-likeness (QED) is 0.210. The van der Waals surface area contributed by atoms with Gasteiger partial charge < -0.3 is 29.7 Å². The zero-order valence-electron chi connectivity index (χ0n) is 19.3. The van der Waals surface area contributed by atoms with Crippen molar-refractivity contribution in [2.45, 2.75) is 37.4 Å². The molecule has 5 rings (SSSR count).